The highest BCUT2D eigenvalue weighted by atomic mass is 32.1. The maximum atomic E-state index is 12.5. The van der Waals surface area contributed by atoms with Crippen molar-refractivity contribution in [2.45, 2.75) is 44.9 Å². The number of rotatable bonds is 8. The van der Waals surface area contributed by atoms with Gasteiger partial charge in [-0.2, -0.15) is 0 Å². The standard InChI is InChI=1S/C24H26N4O2S/c1-2-17-11-13-20(14-12-17)28-16-19(15-22(28)30)23-26-27-24(31-23)25-21(29)10-6-9-18-7-4-3-5-8-18/h3-5,7-8,11-14,19H,2,6,9-10,15-16H2,1H3,(H,25,27,29)/t19-/m1/s1. The molecule has 2 amide bonds. The molecule has 3 aromatic rings. The molecular formula is C24H26N4O2S. The normalized spacial score (nSPS) is 16.0. The largest absolute Gasteiger partial charge is 0.312 e. The van der Waals surface area contributed by atoms with Crippen molar-refractivity contribution in [3.8, 4) is 0 Å². The average molecular weight is 435 g/mol. The molecule has 0 unspecified atom stereocenters. The van der Waals surface area contributed by atoms with E-state index >= 15 is 0 Å². The van der Waals surface area contributed by atoms with Gasteiger partial charge in [0.05, 0.1) is 0 Å². The molecule has 0 saturated carbocycles. The summed E-state index contributed by atoms with van der Waals surface area (Å²) in [4.78, 5) is 26.6. The van der Waals surface area contributed by atoms with E-state index in [1.54, 1.807) is 0 Å². The van der Waals surface area contributed by atoms with Crippen LogP contribution in [0.2, 0.25) is 0 Å². The van der Waals surface area contributed by atoms with Gasteiger partial charge >= 0.3 is 0 Å². The van der Waals surface area contributed by atoms with Gasteiger partial charge in [0.25, 0.3) is 0 Å². The fraction of sp³-hybridized carbons (Fsp3) is 0.333. The fourth-order valence-electron chi connectivity index (χ4n) is 3.76. The molecule has 1 saturated heterocycles. The minimum absolute atomic E-state index is 0.000385. The van der Waals surface area contributed by atoms with Crippen molar-refractivity contribution in [2.75, 3.05) is 16.8 Å². The maximum absolute atomic E-state index is 12.5. The molecule has 2 heterocycles. The lowest BCUT2D eigenvalue weighted by Crippen LogP contribution is -2.24. The molecule has 0 spiro atoms. The first-order valence-corrected chi connectivity index (χ1v) is 11.5. The predicted molar refractivity (Wildman–Crippen MR) is 123 cm³/mol. The smallest absolute Gasteiger partial charge is 0.227 e. The second-order valence-electron chi connectivity index (χ2n) is 7.76. The lowest BCUT2D eigenvalue weighted by Gasteiger charge is -2.16. The zero-order valence-corrected chi connectivity index (χ0v) is 18.4. The van der Waals surface area contributed by atoms with Crippen molar-refractivity contribution in [3.63, 3.8) is 0 Å². The number of carbonyl (C=O) groups is 2. The van der Waals surface area contributed by atoms with Crippen LogP contribution in [0.4, 0.5) is 10.8 Å². The third-order valence-corrected chi connectivity index (χ3v) is 6.53. The first kappa shape index (κ1) is 21.2. The zero-order valence-electron chi connectivity index (χ0n) is 17.6. The van der Waals surface area contributed by atoms with Crippen LogP contribution in [0.3, 0.4) is 0 Å². The van der Waals surface area contributed by atoms with Gasteiger partial charge in [-0.15, -0.1) is 10.2 Å². The van der Waals surface area contributed by atoms with Crippen molar-refractivity contribution < 1.29 is 9.59 Å². The average Bonchev–Trinajstić information content (AvgIpc) is 3.41. The monoisotopic (exact) mass is 434 g/mol. The van der Waals surface area contributed by atoms with Gasteiger partial charge in [-0.25, -0.2) is 0 Å². The van der Waals surface area contributed by atoms with Gasteiger partial charge in [-0.1, -0.05) is 60.7 Å². The van der Waals surface area contributed by atoms with Crippen LogP contribution in [0.15, 0.2) is 54.6 Å². The van der Waals surface area contributed by atoms with Gasteiger partial charge in [-0.3, -0.25) is 9.59 Å². The van der Waals surface area contributed by atoms with E-state index in [1.807, 2.05) is 35.2 Å². The van der Waals surface area contributed by atoms with E-state index in [9.17, 15) is 9.59 Å². The summed E-state index contributed by atoms with van der Waals surface area (Å²) in [7, 11) is 0. The molecule has 31 heavy (non-hydrogen) atoms. The molecule has 160 valence electrons. The van der Waals surface area contributed by atoms with Crippen LogP contribution < -0.4 is 10.2 Å². The Morgan fingerprint density at radius 2 is 1.87 bits per heavy atom. The second-order valence-corrected chi connectivity index (χ2v) is 8.77. The minimum Gasteiger partial charge on any atom is -0.312 e. The van der Waals surface area contributed by atoms with Crippen LogP contribution in [0.25, 0.3) is 0 Å². The van der Waals surface area contributed by atoms with Crippen LogP contribution in [0, 0.1) is 0 Å². The van der Waals surface area contributed by atoms with Crippen molar-refractivity contribution in [1.82, 2.24) is 10.2 Å². The van der Waals surface area contributed by atoms with E-state index in [0.29, 0.717) is 24.5 Å². The molecule has 7 heteroatoms. The highest BCUT2D eigenvalue weighted by Crippen LogP contribution is 2.34. The maximum Gasteiger partial charge on any atom is 0.227 e. The number of aryl methyl sites for hydroxylation is 2. The molecule has 1 aromatic heterocycles. The van der Waals surface area contributed by atoms with E-state index in [-0.39, 0.29) is 17.7 Å². The van der Waals surface area contributed by atoms with Crippen LogP contribution >= 0.6 is 11.3 Å². The highest BCUT2D eigenvalue weighted by molar-refractivity contribution is 7.15. The lowest BCUT2D eigenvalue weighted by molar-refractivity contribution is -0.117. The molecule has 1 aliphatic heterocycles. The van der Waals surface area contributed by atoms with E-state index in [0.717, 1.165) is 30.0 Å². The summed E-state index contributed by atoms with van der Waals surface area (Å²) in [5, 5.41) is 12.5. The Morgan fingerprint density at radius 3 is 2.61 bits per heavy atom. The number of nitrogens with zero attached hydrogens (tertiary/aromatic N) is 3. The zero-order chi connectivity index (χ0) is 21.6. The Labute approximate surface area is 186 Å². The first-order chi connectivity index (χ1) is 15.1. The minimum atomic E-state index is -0.0567. The summed E-state index contributed by atoms with van der Waals surface area (Å²) < 4.78 is 0. The van der Waals surface area contributed by atoms with Gasteiger partial charge in [0.15, 0.2) is 0 Å². The molecule has 1 N–H and O–H groups in total. The summed E-state index contributed by atoms with van der Waals surface area (Å²) in [6.07, 6.45) is 3.48. The third-order valence-electron chi connectivity index (χ3n) is 5.53. The summed E-state index contributed by atoms with van der Waals surface area (Å²) in [5.41, 5.74) is 3.40. The second kappa shape index (κ2) is 9.83. The molecule has 0 radical (unpaired) electrons. The van der Waals surface area contributed by atoms with Crippen molar-refractivity contribution in [3.05, 3.63) is 70.7 Å². The molecule has 0 aliphatic carbocycles. The lowest BCUT2D eigenvalue weighted by atomic mass is 10.1. The van der Waals surface area contributed by atoms with E-state index in [1.165, 1.54) is 22.5 Å². The first-order valence-electron chi connectivity index (χ1n) is 10.7. The highest BCUT2D eigenvalue weighted by Gasteiger charge is 2.33. The quantitative estimate of drug-likeness (QED) is 0.563. The molecule has 4 rings (SSSR count). The van der Waals surface area contributed by atoms with Crippen LogP contribution in [-0.2, 0) is 22.4 Å². The fourth-order valence-corrected chi connectivity index (χ4v) is 4.61. The number of amides is 2. The SMILES string of the molecule is CCc1ccc(N2C[C@H](c3nnc(NC(=O)CCCc4ccccc4)s3)CC2=O)cc1. The molecule has 0 bridgehead atoms. The van der Waals surface area contributed by atoms with E-state index < -0.39 is 0 Å². The molecule has 1 fully saturated rings. The molecule has 2 aromatic carbocycles. The number of carbonyl (C=O) groups excluding carboxylic acids is 2. The molecular weight excluding hydrogens is 408 g/mol. The van der Waals surface area contributed by atoms with Crippen molar-refractivity contribution in [2.24, 2.45) is 0 Å². The van der Waals surface area contributed by atoms with Gasteiger partial charge in [0.2, 0.25) is 16.9 Å². The summed E-state index contributed by atoms with van der Waals surface area (Å²) in [6, 6.07) is 18.3. The van der Waals surface area contributed by atoms with Crippen molar-refractivity contribution >= 4 is 34.0 Å². The Hall–Kier alpha value is -3.06. The van der Waals surface area contributed by atoms with E-state index in [4.69, 9.17) is 0 Å². The Morgan fingerprint density at radius 1 is 1.10 bits per heavy atom. The summed E-state index contributed by atoms with van der Waals surface area (Å²) in [5.74, 6) is 0.0364. The van der Waals surface area contributed by atoms with Crippen molar-refractivity contribution in [1.29, 1.82) is 0 Å². The van der Waals surface area contributed by atoms with Gasteiger partial charge < -0.3 is 10.2 Å². The van der Waals surface area contributed by atoms with Crippen LogP contribution in [-0.4, -0.2) is 28.6 Å². The van der Waals surface area contributed by atoms with Crippen LogP contribution in [0.1, 0.15) is 48.2 Å². The van der Waals surface area contributed by atoms with Gasteiger partial charge in [0, 0.05) is 31.0 Å². The number of nitrogens with one attached hydrogen (secondary N) is 1. The number of hydrogen-bond acceptors (Lipinski definition) is 5. The van der Waals surface area contributed by atoms with Gasteiger partial charge in [-0.05, 0) is 42.5 Å². The Bertz CT molecular complexity index is 1030. The van der Waals surface area contributed by atoms with Crippen LogP contribution in [0.5, 0.6) is 0 Å². The molecule has 1 aliphatic rings. The molecule has 1 atom stereocenters. The topological polar surface area (TPSA) is 75.2 Å². The predicted octanol–water partition coefficient (Wildman–Crippen LogP) is 4.58. The van der Waals surface area contributed by atoms with Gasteiger partial charge in [0.1, 0.15) is 5.01 Å². The number of hydrogen-bond donors (Lipinski definition) is 1. The Balaban J connectivity index is 1.30. The number of anilines is 2. The Kier molecular flexibility index (Phi) is 6.72. The van der Waals surface area contributed by atoms with E-state index in [2.05, 4.69) is 46.7 Å². The number of aromatic nitrogens is 2. The third kappa shape index (κ3) is 5.35. The molecule has 6 nitrogen and oxygen atoms in total. The summed E-state index contributed by atoms with van der Waals surface area (Å²) >= 11 is 1.36. The number of benzene rings is 2. The summed E-state index contributed by atoms with van der Waals surface area (Å²) in [6.45, 7) is 2.70.